The van der Waals surface area contributed by atoms with Crippen molar-refractivity contribution in [1.29, 1.82) is 0 Å². The molecule has 2 aliphatic carbocycles. The van der Waals surface area contributed by atoms with Gasteiger partial charge in [-0.15, -0.1) is 0 Å². The minimum Gasteiger partial charge on any atom is -0.345 e. The van der Waals surface area contributed by atoms with Gasteiger partial charge in [0, 0.05) is 31.1 Å². The first-order chi connectivity index (χ1) is 23.8. The molecule has 0 aromatic rings. The molecule has 284 valence electrons. The number of phosphoric acid groups is 1. The van der Waals surface area contributed by atoms with Crippen LogP contribution in [0.15, 0.2) is 5.16 Å². The standard InChI is InChI=1S/C36H58NO12P/c1-9-39-50(38,40-10-2)49-37-28(30-23(6)27-14-12-21(4)25-16-18-34(8)44-32(42-30)36(25,27)48-46-34)19-29-22(5)26-13-11-20(3)24-15-17-33(7)43-31(41-29)35(24,26)47-45-33/h20-27,29-32H,9-19H2,1-8H3/b37-28-/t20-,21-,22-,23-,24+,25+,26+,27+,29-,30+,31-,32-,33-,34-,35-,36-/m1/s1. The van der Waals surface area contributed by atoms with Crippen molar-refractivity contribution in [3.63, 3.8) is 0 Å². The molecule has 8 aliphatic heterocycles. The summed E-state index contributed by atoms with van der Waals surface area (Å²) in [6.45, 7) is 16.6. The lowest BCUT2D eigenvalue weighted by molar-refractivity contribution is -0.571. The predicted octanol–water partition coefficient (Wildman–Crippen LogP) is 7.43. The molecule has 10 fully saturated rings. The van der Waals surface area contributed by atoms with Crippen molar-refractivity contribution in [3.05, 3.63) is 0 Å². The van der Waals surface area contributed by atoms with Gasteiger partial charge in [-0.2, -0.15) is 0 Å². The number of rotatable bonds is 9. The predicted molar refractivity (Wildman–Crippen MR) is 178 cm³/mol. The highest BCUT2D eigenvalue weighted by atomic mass is 31.2. The lowest BCUT2D eigenvalue weighted by atomic mass is 9.56. The molecule has 50 heavy (non-hydrogen) atoms. The number of nitrogens with zero attached hydrogens (tertiary/aromatic N) is 1. The van der Waals surface area contributed by atoms with Crippen LogP contribution in [0.25, 0.3) is 0 Å². The van der Waals surface area contributed by atoms with Crippen LogP contribution in [0.5, 0.6) is 0 Å². The SMILES string of the molecule is CCOP(=O)(OCC)O/N=C(/C[C@H]1O[C@@H]2O[C@@]3(C)CC[C@H]4[C@H](C)CC[C@@H]([C@H]1C)[C@@]24OO3)[C@H]1O[C@@H]2O[C@@]3(C)CC[C@H]4[C@H](C)CC[C@@H]([C@H]1C)[C@@]24OO3. The van der Waals surface area contributed by atoms with E-state index in [9.17, 15) is 4.57 Å². The van der Waals surface area contributed by atoms with Crippen molar-refractivity contribution < 1.29 is 56.7 Å². The molecular formula is C36H58NO12P. The van der Waals surface area contributed by atoms with E-state index in [1.54, 1.807) is 13.8 Å². The first-order valence-electron chi connectivity index (χ1n) is 19.3. The lowest BCUT2D eigenvalue weighted by Crippen LogP contribution is -2.71. The smallest absolute Gasteiger partial charge is 0.345 e. The van der Waals surface area contributed by atoms with Gasteiger partial charge >= 0.3 is 7.82 Å². The summed E-state index contributed by atoms with van der Waals surface area (Å²) < 4.78 is 57.8. The molecule has 13 nitrogen and oxygen atoms in total. The molecule has 16 atom stereocenters. The average molecular weight is 728 g/mol. The Kier molecular flexibility index (Phi) is 9.41. The van der Waals surface area contributed by atoms with Gasteiger partial charge in [0.1, 0.15) is 6.10 Å². The first-order valence-corrected chi connectivity index (χ1v) is 20.8. The molecule has 0 aromatic carbocycles. The second-order valence-electron chi connectivity index (χ2n) is 16.9. The second-order valence-corrected chi connectivity index (χ2v) is 18.5. The maximum Gasteiger partial charge on any atom is 0.550 e. The number of hydrogen-bond acceptors (Lipinski definition) is 13. The Bertz CT molecular complexity index is 1360. The summed E-state index contributed by atoms with van der Waals surface area (Å²) in [6, 6.07) is 0. The van der Waals surface area contributed by atoms with Crippen LogP contribution in [0.1, 0.15) is 113 Å². The minimum absolute atomic E-state index is 0.0534. The van der Waals surface area contributed by atoms with Crippen LogP contribution in [0.3, 0.4) is 0 Å². The number of hydrogen-bond donors (Lipinski definition) is 0. The summed E-state index contributed by atoms with van der Waals surface area (Å²) in [6.07, 6.45) is 5.59. The average Bonchev–Trinajstić information content (AvgIpc) is 3.45. The normalized spacial score (nSPS) is 52.8. The van der Waals surface area contributed by atoms with Crippen LogP contribution >= 0.6 is 7.82 Å². The summed E-state index contributed by atoms with van der Waals surface area (Å²) >= 11 is 0. The van der Waals surface area contributed by atoms with E-state index < -0.39 is 49.3 Å². The molecule has 10 rings (SSSR count). The van der Waals surface area contributed by atoms with Gasteiger partial charge in [0.05, 0.1) is 25.0 Å². The van der Waals surface area contributed by atoms with E-state index in [0.29, 0.717) is 30.4 Å². The molecule has 2 saturated carbocycles. The zero-order chi connectivity index (χ0) is 35.3. The van der Waals surface area contributed by atoms with Crippen molar-refractivity contribution in [3.8, 4) is 0 Å². The molecule has 0 amide bonds. The highest BCUT2D eigenvalue weighted by Gasteiger charge is 2.71. The van der Waals surface area contributed by atoms with E-state index >= 15 is 0 Å². The molecule has 0 radical (unpaired) electrons. The van der Waals surface area contributed by atoms with Gasteiger partial charge in [0.2, 0.25) is 11.6 Å². The Hall–Kier alpha value is -0.700. The van der Waals surface area contributed by atoms with Crippen LogP contribution in [0.2, 0.25) is 0 Å². The van der Waals surface area contributed by atoms with Crippen molar-refractivity contribution in [2.24, 2.45) is 52.5 Å². The number of fused-ring (bicyclic) bond motifs is 4. The molecule has 0 N–H and O–H groups in total. The molecular weight excluding hydrogens is 669 g/mol. The second kappa shape index (κ2) is 13.0. The fourth-order valence-electron chi connectivity index (χ4n) is 11.4. The van der Waals surface area contributed by atoms with Crippen LogP contribution in [0, 0.1) is 47.3 Å². The number of oxime groups is 1. The monoisotopic (exact) mass is 727 g/mol. The van der Waals surface area contributed by atoms with Crippen LogP contribution < -0.4 is 0 Å². The third kappa shape index (κ3) is 5.54. The summed E-state index contributed by atoms with van der Waals surface area (Å²) in [5.74, 6) is -0.262. The molecule has 0 aromatic heterocycles. The van der Waals surface area contributed by atoms with Crippen molar-refractivity contribution >= 4 is 13.5 Å². The zero-order valence-corrected chi connectivity index (χ0v) is 31.9. The fourth-order valence-corrected chi connectivity index (χ4v) is 12.4. The topological polar surface area (TPSA) is 131 Å². The van der Waals surface area contributed by atoms with Gasteiger partial charge < -0.3 is 18.9 Å². The van der Waals surface area contributed by atoms with Gasteiger partial charge in [0.15, 0.2) is 23.8 Å². The maximum atomic E-state index is 13.6. The van der Waals surface area contributed by atoms with Crippen LogP contribution in [0.4, 0.5) is 0 Å². The third-order valence-corrected chi connectivity index (χ3v) is 15.5. The molecule has 8 heterocycles. The number of phosphoric ester groups is 1. The third-order valence-electron chi connectivity index (χ3n) is 14.0. The Morgan fingerprint density at radius 2 is 1.22 bits per heavy atom. The van der Waals surface area contributed by atoms with Gasteiger partial charge in [-0.25, -0.2) is 24.1 Å². The largest absolute Gasteiger partial charge is 0.550 e. The summed E-state index contributed by atoms with van der Waals surface area (Å²) in [7, 11) is -3.99. The highest BCUT2D eigenvalue weighted by Crippen LogP contribution is 2.63. The van der Waals surface area contributed by atoms with Crippen LogP contribution in [-0.4, -0.2) is 66.5 Å². The fraction of sp³-hybridized carbons (Fsp3) is 0.972. The molecule has 8 saturated heterocycles. The van der Waals surface area contributed by atoms with E-state index in [0.717, 1.165) is 44.9 Å². The zero-order valence-electron chi connectivity index (χ0n) is 31.0. The Morgan fingerprint density at radius 3 is 1.76 bits per heavy atom. The first kappa shape index (κ1) is 36.3. The lowest BCUT2D eigenvalue weighted by Gasteiger charge is -2.61. The minimum atomic E-state index is -3.99. The Morgan fingerprint density at radius 1 is 0.700 bits per heavy atom. The summed E-state index contributed by atoms with van der Waals surface area (Å²) in [5.41, 5.74) is -0.865. The van der Waals surface area contributed by atoms with E-state index in [1.165, 1.54) is 0 Å². The molecule has 10 aliphatic rings. The quantitative estimate of drug-likeness (QED) is 0.101. The molecule has 0 unspecified atom stereocenters. The van der Waals surface area contributed by atoms with Gasteiger partial charge in [0.25, 0.3) is 0 Å². The molecule has 2 spiro atoms. The van der Waals surface area contributed by atoms with Gasteiger partial charge in [-0.05, 0) is 102 Å². The highest BCUT2D eigenvalue weighted by molar-refractivity contribution is 7.48. The van der Waals surface area contributed by atoms with E-state index in [2.05, 4.69) is 32.9 Å². The Labute approximate surface area is 296 Å². The van der Waals surface area contributed by atoms with E-state index in [4.69, 9.17) is 52.2 Å². The van der Waals surface area contributed by atoms with Gasteiger partial charge in [-0.3, -0.25) is 13.7 Å². The summed E-state index contributed by atoms with van der Waals surface area (Å²) in [5, 5.41) is 4.64. The van der Waals surface area contributed by atoms with Crippen LogP contribution in [-0.2, 0) is 56.7 Å². The van der Waals surface area contributed by atoms with Crippen molar-refractivity contribution in [2.75, 3.05) is 13.2 Å². The van der Waals surface area contributed by atoms with E-state index in [-0.39, 0.29) is 54.8 Å². The Balaban J connectivity index is 1.15. The summed E-state index contributed by atoms with van der Waals surface area (Å²) in [4.78, 5) is 24.9. The number of ether oxygens (including phenoxy) is 4. The molecule has 4 bridgehead atoms. The molecule has 14 heteroatoms. The van der Waals surface area contributed by atoms with Crippen molar-refractivity contribution in [2.45, 2.75) is 161 Å². The maximum absolute atomic E-state index is 13.6. The van der Waals surface area contributed by atoms with Crippen molar-refractivity contribution in [1.82, 2.24) is 0 Å². The van der Waals surface area contributed by atoms with E-state index in [1.807, 2.05) is 13.8 Å². The van der Waals surface area contributed by atoms with Gasteiger partial charge in [-0.1, -0.05) is 32.9 Å².